The summed E-state index contributed by atoms with van der Waals surface area (Å²) in [6.07, 6.45) is 1.40. The summed E-state index contributed by atoms with van der Waals surface area (Å²) in [7, 11) is 0. The second-order valence-corrected chi connectivity index (χ2v) is 8.40. The first-order valence-electron chi connectivity index (χ1n) is 9.45. The molecule has 1 N–H and O–H groups in total. The number of nitrogens with one attached hydrogen (secondary N) is 1. The number of amides is 1. The molecule has 0 aliphatic heterocycles. The van der Waals surface area contributed by atoms with Crippen LogP contribution in [0.25, 0.3) is 21.3 Å². The third-order valence-corrected chi connectivity index (χ3v) is 6.19. The van der Waals surface area contributed by atoms with Crippen molar-refractivity contribution in [2.24, 2.45) is 0 Å². The van der Waals surface area contributed by atoms with Crippen molar-refractivity contribution < 1.29 is 9.18 Å². The van der Waals surface area contributed by atoms with Gasteiger partial charge in [-0.3, -0.25) is 14.2 Å². The first kappa shape index (κ1) is 20.0. The summed E-state index contributed by atoms with van der Waals surface area (Å²) >= 11 is 1.41. The van der Waals surface area contributed by atoms with Crippen LogP contribution in [0.1, 0.15) is 16.0 Å². The highest BCUT2D eigenvalue weighted by Gasteiger charge is 2.18. The Kier molecular flexibility index (Phi) is 5.22. The zero-order valence-corrected chi connectivity index (χ0v) is 17.6. The van der Waals surface area contributed by atoms with Crippen molar-refractivity contribution in [3.05, 3.63) is 81.0 Å². The van der Waals surface area contributed by atoms with Crippen LogP contribution in [-0.2, 0) is 11.3 Å². The van der Waals surface area contributed by atoms with Crippen molar-refractivity contribution in [3.63, 3.8) is 0 Å². The molecule has 0 saturated carbocycles. The number of halogens is 1. The van der Waals surface area contributed by atoms with E-state index in [1.807, 2.05) is 39.0 Å². The van der Waals surface area contributed by atoms with Gasteiger partial charge in [-0.2, -0.15) is 0 Å². The third kappa shape index (κ3) is 3.64. The van der Waals surface area contributed by atoms with Crippen LogP contribution in [0.3, 0.4) is 0 Å². The monoisotopic (exact) mass is 421 g/mol. The number of anilines is 1. The van der Waals surface area contributed by atoms with E-state index < -0.39 is 0 Å². The minimum atomic E-state index is -0.338. The van der Waals surface area contributed by atoms with Gasteiger partial charge in [-0.15, -0.1) is 11.3 Å². The molecule has 0 unspecified atom stereocenters. The lowest BCUT2D eigenvalue weighted by atomic mass is 10.0. The maximum atomic E-state index is 13.3. The first-order valence-corrected chi connectivity index (χ1v) is 10.3. The molecule has 152 valence electrons. The first-order chi connectivity index (χ1) is 14.3. The van der Waals surface area contributed by atoms with E-state index in [1.165, 1.54) is 34.4 Å². The number of benzene rings is 2. The quantitative estimate of drug-likeness (QED) is 0.513. The minimum absolute atomic E-state index is 0.146. The summed E-state index contributed by atoms with van der Waals surface area (Å²) in [5.41, 5.74) is 3.97. The van der Waals surface area contributed by atoms with Crippen LogP contribution in [0, 0.1) is 26.6 Å². The SMILES string of the molecule is Cc1cccc(NC(=O)Cn2cnc3sc(C)c(-c4ccc(F)cc4)c3c2=O)c1C. The number of nitrogens with zero attached hydrogens (tertiary/aromatic N) is 2. The van der Waals surface area contributed by atoms with Crippen LogP contribution < -0.4 is 10.9 Å². The smallest absolute Gasteiger partial charge is 0.263 e. The molecule has 7 heteroatoms. The molecule has 4 aromatic rings. The normalized spacial score (nSPS) is 11.1. The van der Waals surface area contributed by atoms with E-state index in [0.717, 1.165) is 32.8 Å². The second kappa shape index (κ2) is 7.84. The Morgan fingerprint density at radius 3 is 2.60 bits per heavy atom. The molecule has 0 bridgehead atoms. The van der Waals surface area contributed by atoms with Gasteiger partial charge >= 0.3 is 0 Å². The molecule has 0 aliphatic carbocycles. The second-order valence-electron chi connectivity index (χ2n) is 7.19. The number of rotatable bonds is 4. The zero-order valence-electron chi connectivity index (χ0n) is 16.8. The van der Waals surface area contributed by atoms with E-state index in [4.69, 9.17) is 0 Å². The summed E-state index contributed by atoms with van der Waals surface area (Å²) in [5.74, 6) is -0.642. The molecular weight excluding hydrogens is 401 g/mol. The minimum Gasteiger partial charge on any atom is -0.324 e. The topological polar surface area (TPSA) is 64.0 Å². The van der Waals surface area contributed by atoms with Gasteiger partial charge in [0.25, 0.3) is 5.56 Å². The number of hydrogen-bond donors (Lipinski definition) is 1. The lowest BCUT2D eigenvalue weighted by Crippen LogP contribution is -2.28. The van der Waals surface area contributed by atoms with E-state index in [1.54, 1.807) is 12.1 Å². The van der Waals surface area contributed by atoms with E-state index >= 15 is 0 Å². The van der Waals surface area contributed by atoms with Gasteiger partial charge in [0.05, 0.1) is 11.7 Å². The zero-order chi connectivity index (χ0) is 21.4. The van der Waals surface area contributed by atoms with Gasteiger partial charge in [0.15, 0.2) is 0 Å². The van der Waals surface area contributed by atoms with Gasteiger partial charge in [-0.1, -0.05) is 24.3 Å². The van der Waals surface area contributed by atoms with Crippen LogP contribution in [0.4, 0.5) is 10.1 Å². The summed E-state index contributed by atoms with van der Waals surface area (Å²) in [4.78, 5) is 31.7. The van der Waals surface area contributed by atoms with E-state index in [0.29, 0.717) is 10.2 Å². The van der Waals surface area contributed by atoms with Crippen molar-refractivity contribution in [2.75, 3.05) is 5.32 Å². The molecule has 0 radical (unpaired) electrons. The standard InChI is InChI=1S/C23H20FN3O2S/c1-13-5-4-6-18(14(13)2)26-19(28)11-27-12-25-22-21(23(27)29)20(15(3)30-22)16-7-9-17(24)10-8-16/h4-10,12H,11H2,1-3H3,(H,26,28). The maximum absolute atomic E-state index is 13.3. The Labute approximate surface area is 176 Å². The summed E-state index contributed by atoms with van der Waals surface area (Å²) in [5, 5.41) is 3.32. The average molecular weight is 421 g/mol. The Bertz CT molecular complexity index is 1320. The average Bonchev–Trinajstić information content (AvgIpc) is 3.05. The van der Waals surface area contributed by atoms with Gasteiger partial charge in [0, 0.05) is 16.1 Å². The fourth-order valence-electron chi connectivity index (χ4n) is 3.45. The van der Waals surface area contributed by atoms with Crippen LogP contribution in [0.5, 0.6) is 0 Å². The number of thiophene rings is 1. The highest BCUT2D eigenvalue weighted by Crippen LogP contribution is 2.35. The largest absolute Gasteiger partial charge is 0.324 e. The Balaban J connectivity index is 1.70. The Morgan fingerprint density at radius 2 is 1.87 bits per heavy atom. The fraction of sp³-hybridized carbons (Fsp3) is 0.174. The molecule has 2 aromatic heterocycles. The molecule has 0 atom stereocenters. The molecule has 2 aromatic carbocycles. The van der Waals surface area contributed by atoms with Crippen molar-refractivity contribution in [2.45, 2.75) is 27.3 Å². The van der Waals surface area contributed by atoms with Gasteiger partial charge < -0.3 is 5.32 Å². The summed E-state index contributed by atoms with van der Waals surface area (Å²) in [6.45, 7) is 5.67. The third-order valence-electron chi connectivity index (χ3n) is 5.18. The molecule has 0 fully saturated rings. The summed E-state index contributed by atoms with van der Waals surface area (Å²) < 4.78 is 14.6. The Morgan fingerprint density at radius 1 is 1.13 bits per heavy atom. The molecule has 0 saturated heterocycles. The van der Waals surface area contributed by atoms with Gasteiger partial charge in [0.1, 0.15) is 17.2 Å². The predicted molar refractivity (Wildman–Crippen MR) is 119 cm³/mol. The predicted octanol–water partition coefficient (Wildman–Crippen LogP) is 4.83. The van der Waals surface area contributed by atoms with E-state index in [2.05, 4.69) is 10.3 Å². The fourth-order valence-corrected chi connectivity index (χ4v) is 4.45. The number of fused-ring (bicyclic) bond motifs is 1. The van der Waals surface area contributed by atoms with Gasteiger partial charge in [0.2, 0.25) is 5.91 Å². The number of hydrogen-bond acceptors (Lipinski definition) is 4. The van der Waals surface area contributed by atoms with Crippen molar-refractivity contribution in [1.29, 1.82) is 0 Å². The summed E-state index contributed by atoms with van der Waals surface area (Å²) in [6, 6.07) is 11.7. The van der Waals surface area contributed by atoms with Crippen molar-refractivity contribution >= 4 is 33.1 Å². The molecule has 4 rings (SSSR count). The number of carbonyl (C=O) groups excluding carboxylic acids is 1. The lowest BCUT2D eigenvalue weighted by molar-refractivity contribution is -0.116. The van der Waals surface area contributed by atoms with Crippen molar-refractivity contribution in [1.82, 2.24) is 9.55 Å². The molecule has 2 heterocycles. The highest BCUT2D eigenvalue weighted by atomic mass is 32.1. The molecule has 5 nitrogen and oxygen atoms in total. The van der Waals surface area contributed by atoms with Crippen LogP contribution in [0.15, 0.2) is 53.6 Å². The maximum Gasteiger partial charge on any atom is 0.263 e. The van der Waals surface area contributed by atoms with E-state index in [9.17, 15) is 14.0 Å². The van der Waals surface area contributed by atoms with Crippen molar-refractivity contribution in [3.8, 4) is 11.1 Å². The van der Waals surface area contributed by atoms with Gasteiger partial charge in [-0.05, 0) is 55.7 Å². The number of aryl methyl sites for hydroxylation is 2. The van der Waals surface area contributed by atoms with E-state index in [-0.39, 0.29) is 23.8 Å². The van der Waals surface area contributed by atoms with Crippen LogP contribution >= 0.6 is 11.3 Å². The van der Waals surface area contributed by atoms with Gasteiger partial charge in [-0.25, -0.2) is 9.37 Å². The molecule has 1 amide bonds. The molecule has 0 spiro atoms. The highest BCUT2D eigenvalue weighted by molar-refractivity contribution is 7.19. The molecule has 0 aliphatic rings. The molecular formula is C23H20FN3O2S. The number of aromatic nitrogens is 2. The van der Waals surface area contributed by atoms with Crippen LogP contribution in [0.2, 0.25) is 0 Å². The number of carbonyl (C=O) groups is 1. The molecule has 30 heavy (non-hydrogen) atoms. The Hall–Kier alpha value is -3.32. The van der Waals surface area contributed by atoms with Crippen LogP contribution in [-0.4, -0.2) is 15.5 Å². The lowest BCUT2D eigenvalue weighted by Gasteiger charge is -2.11.